The summed E-state index contributed by atoms with van der Waals surface area (Å²) in [6, 6.07) is 2.83. The Balaban J connectivity index is 2.24. The summed E-state index contributed by atoms with van der Waals surface area (Å²) < 4.78 is 26.8. The van der Waals surface area contributed by atoms with Gasteiger partial charge in [-0.25, -0.2) is 13.8 Å². The molecule has 5 nitrogen and oxygen atoms in total. The van der Waals surface area contributed by atoms with Gasteiger partial charge in [0.1, 0.15) is 17.3 Å². The van der Waals surface area contributed by atoms with Crippen LogP contribution in [-0.2, 0) is 4.79 Å². The molecule has 0 bridgehead atoms. The summed E-state index contributed by atoms with van der Waals surface area (Å²) in [4.78, 5) is 28.0. The number of halogens is 2. The summed E-state index contributed by atoms with van der Waals surface area (Å²) in [7, 11) is 1.32. The molecule has 0 spiro atoms. The summed E-state index contributed by atoms with van der Waals surface area (Å²) >= 11 is 1.07. The third kappa shape index (κ3) is 3.40. The number of hydrogen-bond acceptors (Lipinski definition) is 4. The molecular formula is C13H11F2N3O2S. The largest absolute Gasteiger partial charge is 0.307 e. The molecule has 0 aliphatic heterocycles. The van der Waals surface area contributed by atoms with Gasteiger partial charge in [0.05, 0.1) is 5.69 Å². The van der Waals surface area contributed by atoms with Crippen LogP contribution in [0.5, 0.6) is 0 Å². The van der Waals surface area contributed by atoms with Crippen LogP contribution in [0.2, 0.25) is 0 Å². The topological polar surface area (TPSA) is 62.3 Å². The fourth-order valence-corrected chi connectivity index (χ4v) is 2.33. The predicted molar refractivity (Wildman–Crippen MR) is 75.5 cm³/mol. The number of thiazole rings is 1. The number of amides is 2. The maximum absolute atomic E-state index is 13.6. The smallest absolute Gasteiger partial charge is 0.277 e. The van der Waals surface area contributed by atoms with E-state index in [1.54, 1.807) is 0 Å². The van der Waals surface area contributed by atoms with Crippen LogP contribution in [0.1, 0.15) is 17.4 Å². The highest BCUT2D eigenvalue weighted by atomic mass is 32.1. The van der Waals surface area contributed by atoms with Gasteiger partial charge in [-0.05, 0) is 12.1 Å². The van der Waals surface area contributed by atoms with Crippen LogP contribution in [0.4, 0.5) is 19.6 Å². The summed E-state index contributed by atoms with van der Waals surface area (Å²) in [5, 5.41) is 4.14. The fraction of sp³-hybridized carbons (Fsp3) is 0.154. The second-order valence-electron chi connectivity index (χ2n) is 4.18. The highest BCUT2D eigenvalue weighted by molar-refractivity contribution is 7.14. The van der Waals surface area contributed by atoms with Crippen molar-refractivity contribution in [1.82, 2.24) is 4.98 Å². The Morgan fingerprint density at radius 3 is 2.71 bits per heavy atom. The zero-order valence-electron chi connectivity index (χ0n) is 11.2. The molecule has 0 aliphatic carbocycles. The molecule has 0 atom stereocenters. The summed E-state index contributed by atoms with van der Waals surface area (Å²) in [6.07, 6.45) is 0. The number of aromatic nitrogens is 1. The minimum absolute atomic E-state index is 0.0370. The van der Waals surface area contributed by atoms with Crippen LogP contribution < -0.4 is 10.2 Å². The predicted octanol–water partition coefficient (Wildman–Crippen LogP) is 2.66. The van der Waals surface area contributed by atoms with E-state index in [2.05, 4.69) is 10.3 Å². The standard InChI is InChI=1S/C13H11F2N3O2S/c1-7(19)16-13-17-10(6-21-13)12(20)18(2)11-5-8(14)3-4-9(11)15/h3-6H,1-2H3,(H,16,17,19). The Bertz CT molecular complexity index is 702. The molecule has 1 heterocycles. The van der Waals surface area contributed by atoms with E-state index in [0.717, 1.165) is 34.4 Å². The van der Waals surface area contributed by atoms with Crippen molar-refractivity contribution in [1.29, 1.82) is 0 Å². The fourth-order valence-electron chi connectivity index (χ4n) is 1.60. The van der Waals surface area contributed by atoms with Gasteiger partial charge in [-0.1, -0.05) is 0 Å². The molecule has 1 N–H and O–H groups in total. The third-order valence-electron chi connectivity index (χ3n) is 2.58. The molecule has 1 aromatic heterocycles. The van der Waals surface area contributed by atoms with Crippen LogP contribution in [0.15, 0.2) is 23.6 Å². The molecule has 0 saturated carbocycles. The first kappa shape index (κ1) is 15.0. The van der Waals surface area contributed by atoms with Gasteiger partial charge in [-0.2, -0.15) is 0 Å². The highest BCUT2D eigenvalue weighted by Gasteiger charge is 2.20. The second kappa shape index (κ2) is 5.96. The maximum atomic E-state index is 13.6. The lowest BCUT2D eigenvalue weighted by Gasteiger charge is -2.16. The molecule has 8 heteroatoms. The van der Waals surface area contributed by atoms with E-state index in [0.29, 0.717) is 0 Å². The van der Waals surface area contributed by atoms with E-state index >= 15 is 0 Å². The lowest BCUT2D eigenvalue weighted by molar-refractivity contribution is -0.114. The lowest BCUT2D eigenvalue weighted by Crippen LogP contribution is -2.27. The van der Waals surface area contributed by atoms with Crippen LogP contribution in [0.3, 0.4) is 0 Å². The molecule has 1 aromatic carbocycles. The average Bonchev–Trinajstić information content (AvgIpc) is 2.87. The molecule has 0 saturated heterocycles. The SMILES string of the molecule is CC(=O)Nc1nc(C(=O)N(C)c2cc(F)ccc2F)cs1. The number of benzene rings is 1. The van der Waals surface area contributed by atoms with Gasteiger partial charge >= 0.3 is 0 Å². The minimum atomic E-state index is -0.718. The number of anilines is 2. The van der Waals surface area contributed by atoms with E-state index in [9.17, 15) is 18.4 Å². The molecule has 21 heavy (non-hydrogen) atoms. The summed E-state index contributed by atoms with van der Waals surface area (Å²) in [5.41, 5.74) is -0.149. The van der Waals surface area contributed by atoms with Crippen molar-refractivity contribution in [3.63, 3.8) is 0 Å². The molecular weight excluding hydrogens is 300 g/mol. The van der Waals surface area contributed by atoms with Gasteiger partial charge in [0.2, 0.25) is 5.91 Å². The van der Waals surface area contributed by atoms with E-state index < -0.39 is 17.5 Å². The summed E-state index contributed by atoms with van der Waals surface area (Å²) in [5.74, 6) is -2.28. The maximum Gasteiger partial charge on any atom is 0.277 e. The summed E-state index contributed by atoms with van der Waals surface area (Å²) in [6.45, 7) is 1.32. The molecule has 0 fully saturated rings. The number of carbonyl (C=O) groups is 2. The van der Waals surface area contributed by atoms with Crippen molar-refractivity contribution in [3.05, 3.63) is 40.9 Å². The van der Waals surface area contributed by atoms with E-state index in [-0.39, 0.29) is 22.4 Å². The van der Waals surface area contributed by atoms with Gasteiger partial charge in [0.15, 0.2) is 5.13 Å². The van der Waals surface area contributed by atoms with Crippen molar-refractivity contribution in [2.75, 3.05) is 17.3 Å². The van der Waals surface area contributed by atoms with Gasteiger partial charge in [0.25, 0.3) is 5.91 Å². The van der Waals surface area contributed by atoms with Gasteiger partial charge in [-0.15, -0.1) is 11.3 Å². The van der Waals surface area contributed by atoms with E-state index in [1.165, 1.54) is 19.4 Å². The van der Waals surface area contributed by atoms with E-state index in [1.807, 2.05) is 0 Å². The van der Waals surface area contributed by atoms with Crippen LogP contribution in [0.25, 0.3) is 0 Å². The quantitative estimate of drug-likeness (QED) is 0.948. The Morgan fingerprint density at radius 2 is 2.05 bits per heavy atom. The van der Waals surface area contributed by atoms with Crippen molar-refractivity contribution in [2.24, 2.45) is 0 Å². The minimum Gasteiger partial charge on any atom is -0.307 e. The number of rotatable bonds is 3. The Morgan fingerprint density at radius 1 is 1.33 bits per heavy atom. The van der Waals surface area contributed by atoms with Crippen LogP contribution >= 0.6 is 11.3 Å². The normalized spacial score (nSPS) is 10.3. The molecule has 2 aromatic rings. The van der Waals surface area contributed by atoms with Crippen molar-refractivity contribution < 1.29 is 18.4 Å². The zero-order chi connectivity index (χ0) is 15.6. The molecule has 2 rings (SSSR count). The van der Waals surface area contributed by atoms with Crippen LogP contribution in [-0.4, -0.2) is 23.8 Å². The van der Waals surface area contributed by atoms with Gasteiger partial charge in [-0.3, -0.25) is 9.59 Å². The van der Waals surface area contributed by atoms with Crippen molar-refractivity contribution >= 4 is 34.0 Å². The van der Waals surface area contributed by atoms with Gasteiger partial charge in [0, 0.05) is 25.4 Å². The molecule has 2 amide bonds. The highest BCUT2D eigenvalue weighted by Crippen LogP contribution is 2.23. The molecule has 0 unspecified atom stereocenters. The van der Waals surface area contributed by atoms with Crippen molar-refractivity contribution in [2.45, 2.75) is 6.92 Å². The average molecular weight is 311 g/mol. The lowest BCUT2D eigenvalue weighted by atomic mass is 10.2. The molecule has 0 radical (unpaired) electrons. The Kier molecular flexibility index (Phi) is 4.27. The first-order valence-electron chi connectivity index (χ1n) is 5.84. The number of hydrogen-bond donors (Lipinski definition) is 1. The number of nitrogens with zero attached hydrogens (tertiary/aromatic N) is 2. The first-order chi connectivity index (χ1) is 9.88. The zero-order valence-corrected chi connectivity index (χ0v) is 12.0. The number of nitrogens with one attached hydrogen (secondary N) is 1. The Labute approximate surface area is 123 Å². The molecule has 110 valence electrons. The van der Waals surface area contributed by atoms with E-state index in [4.69, 9.17) is 0 Å². The van der Waals surface area contributed by atoms with Crippen LogP contribution in [0, 0.1) is 11.6 Å². The third-order valence-corrected chi connectivity index (χ3v) is 3.34. The second-order valence-corrected chi connectivity index (χ2v) is 5.04. The first-order valence-corrected chi connectivity index (χ1v) is 6.72. The number of carbonyl (C=O) groups excluding carboxylic acids is 2. The Hall–Kier alpha value is -2.35. The van der Waals surface area contributed by atoms with Gasteiger partial charge < -0.3 is 10.2 Å². The monoisotopic (exact) mass is 311 g/mol. The van der Waals surface area contributed by atoms with Crippen molar-refractivity contribution in [3.8, 4) is 0 Å². The molecule has 0 aliphatic rings.